The number of hydrogen-bond acceptors (Lipinski definition) is 5. The second-order valence-electron chi connectivity index (χ2n) is 7.44. The Morgan fingerprint density at radius 3 is 2.80 bits per heavy atom. The standard InChI is InChI=1S/C22H17N3O5/c26-18(23-15-6-7-17-14(11-15)5-8-19(27)30-17)12-25-20(28)22(24-21(25)29)10-9-13-3-1-2-4-16(13)22/h1-8,11H,9-10,12H2,(H,23,26)(H,24,29). The normalized spacial score (nSPS) is 19.9. The summed E-state index contributed by atoms with van der Waals surface area (Å²) < 4.78 is 5.07. The Morgan fingerprint density at radius 1 is 1.10 bits per heavy atom. The summed E-state index contributed by atoms with van der Waals surface area (Å²) in [5.41, 5.74) is 1.14. The highest BCUT2D eigenvalue weighted by atomic mass is 16.4. The number of amides is 4. The first-order valence-corrected chi connectivity index (χ1v) is 9.52. The Hall–Kier alpha value is -3.94. The van der Waals surface area contributed by atoms with Crippen molar-refractivity contribution in [2.45, 2.75) is 18.4 Å². The molecule has 3 aromatic rings. The predicted molar refractivity (Wildman–Crippen MR) is 108 cm³/mol. The summed E-state index contributed by atoms with van der Waals surface area (Å²) in [6.45, 7) is -0.392. The van der Waals surface area contributed by atoms with E-state index in [1.54, 1.807) is 24.3 Å². The number of benzene rings is 2. The summed E-state index contributed by atoms with van der Waals surface area (Å²) in [7, 11) is 0. The summed E-state index contributed by atoms with van der Waals surface area (Å²) in [5, 5.41) is 6.12. The van der Waals surface area contributed by atoms with Crippen LogP contribution in [0.1, 0.15) is 17.5 Å². The van der Waals surface area contributed by atoms with Crippen molar-refractivity contribution in [3.63, 3.8) is 0 Å². The van der Waals surface area contributed by atoms with Gasteiger partial charge in [-0.1, -0.05) is 24.3 Å². The van der Waals surface area contributed by atoms with Crippen LogP contribution >= 0.6 is 0 Å². The van der Waals surface area contributed by atoms with Crippen LogP contribution in [0.2, 0.25) is 0 Å². The lowest BCUT2D eigenvalue weighted by Gasteiger charge is -2.22. The van der Waals surface area contributed by atoms with Crippen molar-refractivity contribution in [1.29, 1.82) is 0 Å². The Morgan fingerprint density at radius 2 is 1.93 bits per heavy atom. The first kappa shape index (κ1) is 18.1. The third kappa shape index (κ3) is 2.76. The molecule has 1 spiro atoms. The molecule has 2 N–H and O–H groups in total. The van der Waals surface area contributed by atoms with Gasteiger partial charge in [-0.3, -0.25) is 14.5 Å². The van der Waals surface area contributed by atoms with Gasteiger partial charge in [0, 0.05) is 17.1 Å². The molecule has 150 valence electrons. The molecule has 1 fully saturated rings. The van der Waals surface area contributed by atoms with E-state index in [-0.39, 0.29) is 0 Å². The van der Waals surface area contributed by atoms with Crippen molar-refractivity contribution in [2.75, 3.05) is 11.9 Å². The van der Waals surface area contributed by atoms with Crippen molar-refractivity contribution in [3.8, 4) is 0 Å². The molecule has 0 bridgehead atoms. The minimum atomic E-state index is -1.09. The molecule has 1 atom stereocenters. The monoisotopic (exact) mass is 403 g/mol. The van der Waals surface area contributed by atoms with Gasteiger partial charge in [0.1, 0.15) is 17.7 Å². The molecule has 1 aliphatic heterocycles. The van der Waals surface area contributed by atoms with Crippen LogP contribution in [-0.4, -0.2) is 29.3 Å². The summed E-state index contributed by atoms with van der Waals surface area (Å²) in [6.07, 6.45) is 1.17. The molecule has 4 amide bonds. The predicted octanol–water partition coefficient (Wildman–Crippen LogP) is 2.12. The molecule has 0 radical (unpaired) electrons. The number of anilines is 1. The third-order valence-corrected chi connectivity index (χ3v) is 5.63. The number of fused-ring (bicyclic) bond motifs is 3. The minimum absolute atomic E-state index is 0.392. The average Bonchev–Trinajstić information content (AvgIpc) is 3.21. The number of hydrogen-bond donors (Lipinski definition) is 2. The van der Waals surface area contributed by atoms with E-state index in [0.29, 0.717) is 29.5 Å². The van der Waals surface area contributed by atoms with E-state index in [9.17, 15) is 19.2 Å². The van der Waals surface area contributed by atoms with Crippen molar-refractivity contribution >= 4 is 34.5 Å². The maximum atomic E-state index is 13.1. The summed E-state index contributed by atoms with van der Waals surface area (Å²) >= 11 is 0. The van der Waals surface area contributed by atoms with E-state index < -0.39 is 35.6 Å². The molecule has 30 heavy (non-hydrogen) atoms. The van der Waals surface area contributed by atoms with Crippen LogP contribution in [0.3, 0.4) is 0 Å². The lowest BCUT2D eigenvalue weighted by Crippen LogP contribution is -2.42. The second kappa shape index (κ2) is 6.55. The van der Waals surface area contributed by atoms with Gasteiger partial charge in [0.2, 0.25) is 5.91 Å². The van der Waals surface area contributed by atoms with Crippen LogP contribution in [-0.2, 0) is 21.5 Å². The maximum Gasteiger partial charge on any atom is 0.336 e. The number of nitrogens with one attached hydrogen (secondary N) is 2. The van der Waals surface area contributed by atoms with Crippen molar-refractivity contribution in [3.05, 3.63) is 76.1 Å². The molecule has 0 saturated carbocycles. The molecule has 1 saturated heterocycles. The fourth-order valence-corrected chi connectivity index (χ4v) is 4.23. The summed E-state index contributed by atoms with van der Waals surface area (Å²) in [5.74, 6) is -0.911. The summed E-state index contributed by atoms with van der Waals surface area (Å²) in [6, 6.07) is 14.6. The summed E-state index contributed by atoms with van der Waals surface area (Å²) in [4.78, 5) is 50.4. The van der Waals surface area contributed by atoms with Crippen LogP contribution in [0, 0.1) is 0 Å². The lowest BCUT2D eigenvalue weighted by molar-refractivity contribution is -0.134. The third-order valence-electron chi connectivity index (χ3n) is 5.63. The molecule has 1 aliphatic carbocycles. The number of rotatable bonds is 3. The molecule has 5 rings (SSSR count). The van der Waals surface area contributed by atoms with E-state index in [4.69, 9.17) is 4.42 Å². The van der Waals surface area contributed by atoms with Gasteiger partial charge >= 0.3 is 11.7 Å². The molecule has 8 heteroatoms. The van der Waals surface area contributed by atoms with Crippen LogP contribution in [0.5, 0.6) is 0 Å². The molecule has 8 nitrogen and oxygen atoms in total. The van der Waals surface area contributed by atoms with Crippen LogP contribution in [0.4, 0.5) is 10.5 Å². The van der Waals surface area contributed by atoms with Gasteiger partial charge < -0.3 is 15.1 Å². The fraction of sp³-hybridized carbons (Fsp3) is 0.182. The van der Waals surface area contributed by atoms with Crippen molar-refractivity contribution in [1.82, 2.24) is 10.2 Å². The molecular formula is C22H17N3O5. The number of carbonyl (C=O) groups excluding carboxylic acids is 3. The first-order chi connectivity index (χ1) is 14.5. The average molecular weight is 403 g/mol. The lowest BCUT2D eigenvalue weighted by atomic mass is 9.92. The van der Waals surface area contributed by atoms with E-state index in [1.807, 2.05) is 24.3 Å². The zero-order chi connectivity index (χ0) is 20.9. The van der Waals surface area contributed by atoms with Gasteiger partial charge in [-0.2, -0.15) is 0 Å². The van der Waals surface area contributed by atoms with Gasteiger partial charge in [0.05, 0.1) is 0 Å². The highest BCUT2D eigenvalue weighted by Crippen LogP contribution is 2.41. The molecule has 2 aromatic carbocycles. The Kier molecular flexibility index (Phi) is 3.95. The van der Waals surface area contributed by atoms with Gasteiger partial charge in [-0.15, -0.1) is 0 Å². The Labute approximate surface area is 170 Å². The van der Waals surface area contributed by atoms with Crippen LogP contribution < -0.4 is 16.3 Å². The Balaban J connectivity index is 1.34. The Bertz CT molecular complexity index is 1280. The molecule has 2 heterocycles. The van der Waals surface area contributed by atoms with Gasteiger partial charge in [0.25, 0.3) is 5.91 Å². The topological polar surface area (TPSA) is 109 Å². The van der Waals surface area contributed by atoms with Gasteiger partial charge in [0.15, 0.2) is 0 Å². The zero-order valence-electron chi connectivity index (χ0n) is 15.8. The number of imide groups is 1. The van der Waals surface area contributed by atoms with Gasteiger partial charge in [-0.25, -0.2) is 9.59 Å². The minimum Gasteiger partial charge on any atom is -0.423 e. The zero-order valence-corrected chi connectivity index (χ0v) is 15.8. The molecule has 2 aliphatic rings. The van der Waals surface area contributed by atoms with Crippen LogP contribution in [0.25, 0.3) is 11.0 Å². The fourth-order valence-electron chi connectivity index (χ4n) is 4.23. The SMILES string of the molecule is O=C(CN1C(=O)NC2(CCc3ccccc32)C1=O)Nc1ccc2oc(=O)ccc2c1. The van der Waals surface area contributed by atoms with Gasteiger partial charge in [-0.05, 0) is 48.2 Å². The van der Waals surface area contributed by atoms with E-state index in [2.05, 4.69) is 10.6 Å². The second-order valence-corrected chi connectivity index (χ2v) is 7.44. The van der Waals surface area contributed by atoms with E-state index in [0.717, 1.165) is 16.0 Å². The van der Waals surface area contributed by atoms with E-state index >= 15 is 0 Å². The number of aryl methyl sites for hydroxylation is 1. The number of nitrogens with zero attached hydrogens (tertiary/aromatic N) is 1. The van der Waals surface area contributed by atoms with Crippen molar-refractivity contribution < 1.29 is 18.8 Å². The first-order valence-electron chi connectivity index (χ1n) is 9.52. The van der Waals surface area contributed by atoms with Crippen molar-refractivity contribution in [2.24, 2.45) is 0 Å². The molecular weight excluding hydrogens is 386 g/mol. The van der Waals surface area contributed by atoms with E-state index in [1.165, 1.54) is 6.07 Å². The smallest absolute Gasteiger partial charge is 0.336 e. The molecule has 1 unspecified atom stereocenters. The molecule has 1 aromatic heterocycles. The number of carbonyl (C=O) groups is 3. The maximum absolute atomic E-state index is 13.1. The highest BCUT2D eigenvalue weighted by Gasteiger charge is 2.55. The van der Waals surface area contributed by atoms with Crippen LogP contribution in [0.15, 0.2) is 63.8 Å². The quantitative estimate of drug-likeness (QED) is 0.514. The number of urea groups is 1. The largest absolute Gasteiger partial charge is 0.423 e. The highest BCUT2D eigenvalue weighted by molar-refractivity contribution is 6.11.